The van der Waals surface area contributed by atoms with Crippen LogP contribution in [0.2, 0.25) is 0 Å². The summed E-state index contributed by atoms with van der Waals surface area (Å²) >= 11 is 0. The predicted octanol–water partition coefficient (Wildman–Crippen LogP) is 15.9. The highest BCUT2D eigenvalue weighted by molar-refractivity contribution is 6.10. The number of para-hydroxylation sites is 2. The lowest BCUT2D eigenvalue weighted by atomic mass is 9.93. The summed E-state index contributed by atoms with van der Waals surface area (Å²) in [6.45, 7) is 0. The van der Waals surface area contributed by atoms with Gasteiger partial charge in [0, 0.05) is 39.3 Å². The fourth-order valence-electron chi connectivity index (χ4n) is 8.30. The van der Waals surface area contributed by atoms with Crippen LogP contribution in [0.1, 0.15) is 0 Å². The van der Waals surface area contributed by atoms with Crippen LogP contribution in [0.3, 0.4) is 0 Å². The molecule has 0 amide bonds. The minimum absolute atomic E-state index is 1.07. The Morgan fingerprint density at radius 3 is 1.36 bits per heavy atom. The van der Waals surface area contributed by atoms with Gasteiger partial charge in [-0.1, -0.05) is 188 Å². The van der Waals surface area contributed by atoms with Gasteiger partial charge in [0.15, 0.2) is 0 Å². The van der Waals surface area contributed by atoms with Crippen LogP contribution in [0.25, 0.3) is 54.9 Å². The smallest absolute Gasteiger partial charge is 0.0618 e. The first-order chi connectivity index (χ1) is 28.8. The minimum Gasteiger partial charge on any atom is -0.310 e. The molecule has 0 N–H and O–H groups in total. The van der Waals surface area contributed by atoms with E-state index in [1.54, 1.807) is 0 Å². The second-order valence-corrected chi connectivity index (χ2v) is 14.5. The molecule has 0 saturated carbocycles. The monoisotopic (exact) mass is 740 g/mol. The lowest BCUT2D eigenvalue weighted by molar-refractivity contribution is 1.26. The molecule has 0 aromatic heterocycles. The van der Waals surface area contributed by atoms with Gasteiger partial charge >= 0.3 is 0 Å². The topological polar surface area (TPSA) is 6.48 Å². The van der Waals surface area contributed by atoms with Crippen molar-refractivity contribution in [3.05, 3.63) is 243 Å². The second-order valence-electron chi connectivity index (χ2n) is 14.5. The van der Waals surface area contributed by atoms with Crippen molar-refractivity contribution in [2.75, 3.05) is 9.80 Å². The lowest BCUT2D eigenvalue weighted by Gasteiger charge is -2.31. The zero-order valence-electron chi connectivity index (χ0n) is 32.0. The van der Waals surface area contributed by atoms with Gasteiger partial charge in [0.2, 0.25) is 0 Å². The lowest BCUT2D eigenvalue weighted by Crippen LogP contribution is -2.14. The average molecular weight is 741 g/mol. The van der Waals surface area contributed by atoms with Crippen LogP contribution in [0, 0.1) is 0 Å². The molecule has 10 aromatic rings. The van der Waals surface area contributed by atoms with Crippen LogP contribution in [0.5, 0.6) is 0 Å². The Balaban J connectivity index is 1.18. The first-order valence-electron chi connectivity index (χ1n) is 19.9. The predicted molar refractivity (Wildman–Crippen MR) is 247 cm³/mol. The van der Waals surface area contributed by atoms with Crippen LogP contribution < -0.4 is 9.80 Å². The first-order valence-corrected chi connectivity index (χ1v) is 19.9. The van der Waals surface area contributed by atoms with E-state index in [1.165, 1.54) is 54.9 Å². The van der Waals surface area contributed by atoms with Gasteiger partial charge in [-0.3, -0.25) is 0 Å². The zero-order chi connectivity index (χ0) is 38.7. The Bertz CT molecular complexity index is 2970. The molecular weight excluding hydrogens is 701 g/mol. The molecule has 0 saturated heterocycles. The van der Waals surface area contributed by atoms with Crippen molar-refractivity contribution in [3.63, 3.8) is 0 Å². The molecule has 0 aliphatic rings. The average Bonchev–Trinajstić information content (AvgIpc) is 3.31. The van der Waals surface area contributed by atoms with E-state index in [9.17, 15) is 0 Å². The van der Waals surface area contributed by atoms with E-state index in [-0.39, 0.29) is 0 Å². The summed E-state index contributed by atoms with van der Waals surface area (Å²) in [4.78, 5) is 4.81. The molecule has 0 fully saturated rings. The minimum atomic E-state index is 1.07. The second kappa shape index (κ2) is 15.5. The Morgan fingerprint density at radius 2 is 0.672 bits per heavy atom. The van der Waals surface area contributed by atoms with Crippen molar-refractivity contribution >= 4 is 55.7 Å². The first kappa shape index (κ1) is 34.8. The summed E-state index contributed by atoms with van der Waals surface area (Å²) in [5.74, 6) is 0. The molecule has 10 aromatic carbocycles. The van der Waals surface area contributed by atoms with Gasteiger partial charge in [-0.05, 0) is 93.0 Å². The highest BCUT2D eigenvalue weighted by Gasteiger charge is 2.23. The maximum Gasteiger partial charge on any atom is 0.0618 e. The zero-order valence-corrected chi connectivity index (χ0v) is 32.0. The van der Waals surface area contributed by atoms with Crippen molar-refractivity contribution in [3.8, 4) is 33.4 Å². The Labute approximate surface area is 340 Å². The summed E-state index contributed by atoms with van der Waals surface area (Å²) < 4.78 is 0. The molecule has 0 heterocycles. The number of hydrogen-bond acceptors (Lipinski definition) is 2. The van der Waals surface area contributed by atoms with Crippen molar-refractivity contribution < 1.29 is 0 Å². The molecule has 0 spiro atoms. The number of nitrogens with zero attached hydrogens (tertiary/aromatic N) is 2. The summed E-state index contributed by atoms with van der Waals surface area (Å²) in [7, 11) is 0. The highest BCUT2D eigenvalue weighted by Crippen LogP contribution is 2.48. The number of rotatable bonds is 9. The van der Waals surface area contributed by atoms with Crippen LogP contribution in [0.4, 0.5) is 34.1 Å². The molecule has 10 rings (SSSR count). The van der Waals surface area contributed by atoms with E-state index in [4.69, 9.17) is 0 Å². The molecule has 0 atom stereocenters. The van der Waals surface area contributed by atoms with E-state index >= 15 is 0 Å². The van der Waals surface area contributed by atoms with Gasteiger partial charge in [-0.2, -0.15) is 0 Å². The largest absolute Gasteiger partial charge is 0.310 e. The normalized spacial score (nSPS) is 11.1. The molecule has 0 aliphatic carbocycles. The molecule has 0 aliphatic heterocycles. The van der Waals surface area contributed by atoms with Crippen LogP contribution in [-0.2, 0) is 0 Å². The third kappa shape index (κ3) is 6.57. The van der Waals surface area contributed by atoms with Gasteiger partial charge < -0.3 is 9.80 Å². The summed E-state index contributed by atoms with van der Waals surface area (Å²) in [6.07, 6.45) is 0. The van der Waals surface area contributed by atoms with Crippen molar-refractivity contribution in [2.24, 2.45) is 0 Å². The third-order valence-corrected chi connectivity index (χ3v) is 11.0. The molecule has 2 nitrogen and oxygen atoms in total. The number of benzene rings is 10. The van der Waals surface area contributed by atoms with E-state index in [2.05, 4.69) is 252 Å². The highest BCUT2D eigenvalue weighted by atomic mass is 15.2. The van der Waals surface area contributed by atoms with Gasteiger partial charge in [-0.15, -0.1) is 0 Å². The van der Waals surface area contributed by atoms with Gasteiger partial charge in [0.05, 0.1) is 11.4 Å². The number of fused-ring (bicyclic) bond motifs is 2. The van der Waals surface area contributed by atoms with E-state index < -0.39 is 0 Å². The van der Waals surface area contributed by atoms with Crippen LogP contribution in [-0.4, -0.2) is 0 Å². The summed E-state index contributed by atoms with van der Waals surface area (Å²) in [6, 6.07) is 87.3. The Kier molecular flexibility index (Phi) is 9.27. The van der Waals surface area contributed by atoms with E-state index in [0.717, 1.165) is 34.1 Å². The SMILES string of the molecule is c1ccc(-c2ccc(N(c3ccc(N(c4ccccc4)c4ccccc4-c4ccccc4)cc3)c3c(-c4cccc5ccccc45)ccc4ccccc34)cc2)cc1. The third-order valence-electron chi connectivity index (χ3n) is 11.0. The molecule has 0 radical (unpaired) electrons. The van der Waals surface area contributed by atoms with Crippen molar-refractivity contribution in [2.45, 2.75) is 0 Å². The van der Waals surface area contributed by atoms with E-state index in [1.807, 2.05) is 0 Å². The fraction of sp³-hybridized carbons (Fsp3) is 0. The quantitative estimate of drug-likeness (QED) is 0.145. The van der Waals surface area contributed by atoms with Crippen LogP contribution >= 0.6 is 0 Å². The summed E-state index contributed by atoms with van der Waals surface area (Å²) in [5.41, 5.74) is 13.7. The van der Waals surface area contributed by atoms with Gasteiger partial charge in [0.25, 0.3) is 0 Å². The molecule has 58 heavy (non-hydrogen) atoms. The van der Waals surface area contributed by atoms with Gasteiger partial charge in [0.1, 0.15) is 0 Å². The number of hydrogen-bond donors (Lipinski definition) is 0. The molecule has 274 valence electrons. The van der Waals surface area contributed by atoms with Crippen molar-refractivity contribution in [1.82, 2.24) is 0 Å². The summed E-state index contributed by atoms with van der Waals surface area (Å²) in [5, 5.41) is 4.83. The maximum atomic E-state index is 2.45. The van der Waals surface area contributed by atoms with E-state index in [0.29, 0.717) is 0 Å². The molecule has 2 heteroatoms. The fourth-order valence-corrected chi connectivity index (χ4v) is 8.30. The maximum absolute atomic E-state index is 2.45. The Morgan fingerprint density at radius 1 is 0.224 bits per heavy atom. The Hall–Kier alpha value is -7.68. The standard InChI is InChI=1S/C56H40N2/c1-4-17-41(18-5-1)42-31-34-48(35-32-42)58(56-52-28-13-11-22-45(52)33-40-54(56)53-29-16-23-43-21-10-12-26-50(43)53)49-38-36-47(37-39-49)57(46-24-8-3-9-25-46)55-30-15-14-27-51(55)44-19-6-2-7-20-44/h1-40H. The van der Waals surface area contributed by atoms with Crippen LogP contribution in [0.15, 0.2) is 243 Å². The van der Waals surface area contributed by atoms with Crippen molar-refractivity contribution in [1.29, 1.82) is 0 Å². The number of anilines is 6. The molecule has 0 bridgehead atoms. The van der Waals surface area contributed by atoms with Gasteiger partial charge in [-0.25, -0.2) is 0 Å². The molecular formula is C56H40N2. The molecule has 0 unspecified atom stereocenters.